The van der Waals surface area contributed by atoms with Crippen molar-refractivity contribution in [3.63, 3.8) is 0 Å². The molecule has 0 saturated heterocycles. The lowest BCUT2D eigenvalue weighted by Crippen LogP contribution is -2.38. The van der Waals surface area contributed by atoms with Crippen LogP contribution < -0.4 is 10.6 Å². The highest BCUT2D eigenvalue weighted by molar-refractivity contribution is 5.77. The fourth-order valence-corrected chi connectivity index (χ4v) is 1.71. The van der Waals surface area contributed by atoms with E-state index in [1.807, 2.05) is 39.2 Å². The van der Waals surface area contributed by atoms with Gasteiger partial charge in [-0.3, -0.25) is 4.79 Å². The zero-order valence-electron chi connectivity index (χ0n) is 9.06. The molecule has 0 fully saturated rings. The Morgan fingerprint density at radius 2 is 1.93 bits per heavy atom. The number of rotatable bonds is 1. The first-order chi connectivity index (χ1) is 7.11. The third kappa shape index (κ3) is 1.48. The van der Waals surface area contributed by atoms with Crippen LogP contribution >= 0.6 is 0 Å². The zero-order chi connectivity index (χ0) is 11.0. The van der Waals surface area contributed by atoms with Crippen LogP contribution in [0.4, 0.5) is 0 Å². The molecule has 0 radical (unpaired) electrons. The van der Waals surface area contributed by atoms with E-state index in [-0.39, 0.29) is 5.56 Å². The molecule has 0 spiro atoms. The van der Waals surface area contributed by atoms with Crippen molar-refractivity contribution in [2.75, 3.05) is 19.1 Å². The number of para-hydroxylation sites is 1. The number of aryl methyl sites for hydroxylation is 1. The summed E-state index contributed by atoms with van der Waals surface area (Å²) >= 11 is 0. The van der Waals surface area contributed by atoms with Gasteiger partial charge in [0.1, 0.15) is 5.82 Å². The molecular weight excluding hydrogens is 190 g/mol. The standard InChI is InChI=1S/C11H13N3O/c1-8-12-10-7-5-4-6-9(10)11(15)14(8)13(2)3/h4-7H,1-3H3. The number of nitrogens with zero attached hydrogens (tertiary/aromatic N) is 3. The van der Waals surface area contributed by atoms with Gasteiger partial charge in [0.15, 0.2) is 0 Å². The Bertz CT molecular complexity index is 557. The molecule has 0 bridgehead atoms. The Kier molecular flexibility index (Phi) is 2.19. The van der Waals surface area contributed by atoms with Gasteiger partial charge in [0.05, 0.1) is 10.9 Å². The van der Waals surface area contributed by atoms with Crippen molar-refractivity contribution in [2.45, 2.75) is 6.92 Å². The molecule has 15 heavy (non-hydrogen) atoms. The minimum absolute atomic E-state index is 0.0249. The van der Waals surface area contributed by atoms with Crippen molar-refractivity contribution in [3.05, 3.63) is 40.4 Å². The smallest absolute Gasteiger partial charge is 0.280 e. The first-order valence-corrected chi connectivity index (χ1v) is 4.77. The summed E-state index contributed by atoms with van der Waals surface area (Å²) in [5.74, 6) is 0.698. The molecule has 0 aliphatic carbocycles. The molecule has 4 heteroatoms. The Morgan fingerprint density at radius 1 is 1.27 bits per heavy atom. The van der Waals surface area contributed by atoms with Crippen LogP contribution in [0.25, 0.3) is 10.9 Å². The maximum Gasteiger partial charge on any atom is 0.280 e. The largest absolute Gasteiger partial charge is 0.315 e. The summed E-state index contributed by atoms with van der Waals surface area (Å²) < 4.78 is 1.56. The van der Waals surface area contributed by atoms with Crippen LogP contribution in [0, 0.1) is 6.92 Å². The summed E-state index contributed by atoms with van der Waals surface area (Å²) in [5, 5.41) is 2.38. The summed E-state index contributed by atoms with van der Waals surface area (Å²) in [6.45, 7) is 1.83. The molecule has 0 aliphatic rings. The van der Waals surface area contributed by atoms with Crippen molar-refractivity contribution in [1.29, 1.82) is 0 Å². The highest BCUT2D eigenvalue weighted by Crippen LogP contribution is 2.06. The number of benzene rings is 1. The van der Waals surface area contributed by atoms with Crippen molar-refractivity contribution in [2.24, 2.45) is 0 Å². The van der Waals surface area contributed by atoms with Gasteiger partial charge in [-0.2, -0.15) is 0 Å². The van der Waals surface area contributed by atoms with Gasteiger partial charge in [-0.25, -0.2) is 9.66 Å². The van der Waals surface area contributed by atoms with E-state index in [0.717, 1.165) is 5.52 Å². The van der Waals surface area contributed by atoms with Gasteiger partial charge in [-0.1, -0.05) is 12.1 Å². The Hall–Kier alpha value is -1.84. The molecular formula is C11H13N3O. The molecule has 0 saturated carbocycles. The highest BCUT2D eigenvalue weighted by Gasteiger charge is 2.07. The summed E-state index contributed by atoms with van der Waals surface area (Å²) in [6.07, 6.45) is 0. The molecule has 1 aromatic heterocycles. The summed E-state index contributed by atoms with van der Waals surface area (Å²) in [4.78, 5) is 16.5. The third-order valence-electron chi connectivity index (χ3n) is 2.32. The summed E-state index contributed by atoms with van der Waals surface area (Å²) in [7, 11) is 3.65. The predicted octanol–water partition coefficient (Wildman–Crippen LogP) is 0.903. The van der Waals surface area contributed by atoms with Gasteiger partial charge < -0.3 is 5.01 Å². The van der Waals surface area contributed by atoms with Gasteiger partial charge in [0, 0.05) is 14.1 Å². The fraction of sp³-hybridized carbons (Fsp3) is 0.273. The van der Waals surface area contributed by atoms with Gasteiger partial charge in [-0.15, -0.1) is 0 Å². The lowest BCUT2D eigenvalue weighted by Gasteiger charge is -2.18. The van der Waals surface area contributed by atoms with Crippen molar-refractivity contribution >= 4 is 10.9 Å². The lowest BCUT2D eigenvalue weighted by molar-refractivity contribution is 0.663. The average Bonchev–Trinajstić information content (AvgIpc) is 2.17. The minimum atomic E-state index is -0.0249. The molecule has 1 heterocycles. The van der Waals surface area contributed by atoms with Crippen LogP contribution in [0.3, 0.4) is 0 Å². The monoisotopic (exact) mass is 203 g/mol. The normalized spacial score (nSPS) is 10.6. The van der Waals surface area contributed by atoms with E-state index in [9.17, 15) is 4.79 Å². The van der Waals surface area contributed by atoms with Crippen molar-refractivity contribution in [1.82, 2.24) is 9.66 Å². The van der Waals surface area contributed by atoms with Crippen molar-refractivity contribution in [3.8, 4) is 0 Å². The molecule has 0 atom stereocenters. The molecule has 0 aliphatic heterocycles. The van der Waals surface area contributed by atoms with Gasteiger partial charge in [0.2, 0.25) is 0 Å². The predicted molar refractivity (Wildman–Crippen MR) is 60.8 cm³/mol. The van der Waals surface area contributed by atoms with Gasteiger partial charge in [-0.05, 0) is 19.1 Å². The zero-order valence-corrected chi connectivity index (χ0v) is 9.06. The van der Waals surface area contributed by atoms with Crippen LogP contribution in [-0.2, 0) is 0 Å². The Balaban J connectivity index is 2.91. The van der Waals surface area contributed by atoms with Crippen LogP contribution in [0.2, 0.25) is 0 Å². The number of hydrogen-bond donors (Lipinski definition) is 0. The molecule has 0 amide bonds. The van der Waals surface area contributed by atoms with Crippen LogP contribution in [0.1, 0.15) is 5.82 Å². The second-order valence-corrected chi connectivity index (χ2v) is 3.64. The molecule has 2 rings (SSSR count). The van der Waals surface area contributed by atoms with Gasteiger partial charge in [0.25, 0.3) is 5.56 Å². The fourth-order valence-electron chi connectivity index (χ4n) is 1.71. The minimum Gasteiger partial charge on any atom is -0.315 e. The Morgan fingerprint density at radius 3 is 2.60 bits per heavy atom. The van der Waals surface area contributed by atoms with E-state index >= 15 is 0 Å². The summed E-state index contributed by atoms with van der Waals surface area (Å²) in [5.41, 5.74) is 0.723. The number of aromatic nitrogens is 2. The van der Waals surface area contributed by atoms with E-state index in [2.05, 4.69) is 4.98 Å². The maximum atomic E-state index is 12.1. The molecule has 1 aromatic carbocycles. The second kappa shape index (κ2) is 3.38. The molecule has 0 unspecified atom stereocenters. The molecule has 2 aromatic rings. The van der Waals surface area contributed by atoms with Crippen molar-refractivity contribution < 1.29 is 0 Å². The van der Waals surface area contributed by atoms with Crippen LogP contribution in [0.5, 0.6) is 0 Å². The SMILES string of the molecule is Cc1nc2ccccc2c(=O)n1N(C)C. The first-order valence-electron chi connectivity index (χ1n) is 4.77. The first kappa shape index (κ1) is 9.71. The second-order valence-electron chi connectivity index (χ2n) is 3.64. The third-order valence-corrected chi connectivity index (χ3v) is 2.32. The van der Waals surface area contributed by atoms with E-state index in [4.69, 9.17) is 0 Å². The van der Waals surface area contributed by atoms with E-state index in [1.54, 1.807) is 15.8 Å². The number of hydrogen-bond acceptors (Lipinski definition) is 3. The molecule has 78 valence electrons. The summed E-state index contributed by atoms with van der Waals surface area (Å²) in [6, 6.07) is 7.38. The number of fused-ring (bicyclic) bond motifs is 1. The lowest BCUT2D eigenvalue weighted by atomic mass is 10.2. The Labute approximate surface area is 87.7 Å². The topological polar surface area (TPSA) is 38.1 Å². The molecule has 0 N–H and O–H groups in total. The molecule has 4 nitrogen and oxygen atoms in total. The average molecular weight is 203 g/mol. The van der Waals surface area contributed by atoms with Crippen LogP contribution in [0.15, 0.2) is 29.1 Å². The van der Waals surface area contributed by atoms with Gasteiger partial charge >= 0.3 is 0 Å². The quantitative estimate of drug-likeness (QED) is 0.691. The van der Waals surface area contributed by atoms with E-state index < -0.39 is 0 Å². The van der Waals surface area contributed by atoms with E-state index in [1.165, 1.54) is 0 Å². The van der Waals surface area contributed by atoms with E-state index in [0.29, 0.717) is 11.2 Å². The maximum absolute atomic E-state index is 12.1. The van der Waals surface area contributed by atoms with Crippen LogP contribution in [-0.4, -0.2) is 23.8 Å². The highest BCUT2D eigenvalue weighted by atomic mass is 16.1.